The number of sulfonamides is 1. The van der Waals surface area contributed by atoms with Crippen LogP contribution in [0.1, 0.15) is 42.4 Å². The Hall–Kier alpha value is -4.34. The predicted molar refractivity (Wildman–Crippen MR) is 185 cm³/mol. The van der Waals surface area contributed by atoms with Crippen LogP contribution in [0, 0.1) is 6.92 Å². The Morgan fingerprint density at radius 3 is 2.21 bits per heavy atom. The van der Waals surface area contributed by atoms with E-state index >= 15 is 0 Å². The predicted octanol–water partition coefficient (Wildman–Crippen LogP) is 6.55. The van der Waals surface area contributed by atoms with Crippen LogP contribution in [-0.4, -0.2) is 50.9 Å². The van der Waals surface area contributed by atoms with Crippen LogP contribution in [0.5, 0.6) is 5.75 Å². The molecule has 4 aromatic carbocycles. The monoisotopic (exact) mass is 673 g/mol. The van der Waals surface area contributed by atoms with Gasteiger partial charge < -0.3 is 15.0 Å². The molecule has 2 amide bonds. The van der Waals surface area contributed by atoms with Gasteiger partial charge in [0.1, 0.15) is 18.3 Å². The van der Waals surface area contributed by atoms with E-state index in [4.69, 9.17) is 16.3 Å². The van der Waals surface area contributed by atoms with Gasteiger partial charge in [-0.3, -0.25) is 13.9 Å². The number of hydrogen-bond donors (Lipinski definition) is 1. The first-order chi connectivity index (χ1) is 22.7. The normalized spacial score (nSPS) is 13.9. The molecule has 246 valence electrons. The summed E-state index contributed by atoms with van der Waals surface area (Å²) in [5.41, 5.74) is 2.41. The van der Waals surface area contributed by atoms with Gasteiger partial charge in [-0.25, -0.2) is 8.42 Å². The molecule has 1 N–H and O–H groups in total. The molecule has 0 heterocycles. The van der Waals surface area contributed by atoms with Crippen LogP contribution in [0.4, 0.5) is 5.69 Å². The lowest BCUT2D eigenvalue weighted by molar-refractivity contribution is -0.140. The van der Waals surface area contributed by atoms with Crippen LogP contribution in [-0.2, 0) is 32.6 Å². The highest BCUT2D eigenvalue weighted by Crippen LogP contribution is 2.31. The van der Waals surface area contributed by atoms with E-state index in [0.717, 1.165) is 41.1 Å². The summed E-state index contributed by atoms with van der Waals surface area (Å²) in [5, 5.41) is 3.56. The van der Waals surface area contributed by atoms with Crippen molar-refractivity contribution in [3.05, 3.63) is 125 Å². The van der Waals surface area contributed by atoms with Crippen molar-refractivity contribution in [3.63, 3.8) is 0 Å². The molecule has 0 bridgehead atoms. The highest BCUT2D eigenvalue weighted by atomic mass is 35.5. The van der Waals surface area contributed by atoms with Gasteiger partial charge in [0, 0.05) is 24.0 Å². The summed E-state index contributed by atoms with van der Waals surface area (Å²) in [6.07, 6.45) is 4.07. The Kier molecular flexibility index (Phi) is 11.2. The van der Waals surface area contributed by atoms with Crippen molar-refractivity contribution < 1.29 is 22.7 Å². The van der Waals surface area contributed by atoms with Gasteiger partial charge in [-0.1, -0.05) is 91.2 Å². The number of anilines is 1. The topological polar surface area (TPSA) is 96.0 Å². The number of halogens is 1. The number of nitrogens with one attached hydrogen (secondary N) is 1. The number of carbonyl (C=O) groups is 2. The zero-order valence-electron chi connectivity index (χ0n) is 26.6. The Balaban J connectivity index is 1.59. The fraction of sp³-hybridized carbons (Fsp3) is 0.297. The highest BCUT2D eigenvalue weighted by molar-refractivity contribution is 7.92. The molecular weight excluding hydrogens is 634 g/mol. The van der Waals surface area contributed by atoms with Crippen LogP contribution in [0.15, 0.2) is 108 Å². The third-order valence-electron chi connectivity index (χ3n) is 8.58. The van der Waals surface area contributed by atoms with Crippen LogP contribution < -0.4 is 14.4 Å². The molecular formula is C37H40ClN3O5S. The highest BCUT2D eigenvalue weighted by Gasteiger charge is 2.36. The molecule has 1 atom stereocenters. The second kappa shape index (κ2) is 15.5. The summed E-state index contributed by atoms with van der Waals surface area (Å²) in [4.78, 5) is 30.4. The lowest BCUT2D eigenvalue weighted by Gasteiger charge is -2.34. The Labute approximate surface area is 282 Å². The van der Waals surface area contributed by atoms with Crippen molar-refractivity contribution >= 4 is 39.1 Å². The van der Waals surface area contributed by atoms with Crippen molar-refractivity contribution in [3.8, 4) is 5.75 Å². The third-order valence-corrected chi connectivity index (χ3v) is 10.8. The summed E-state index contributed by atoms with van der Waals surface area (Å²) >= 11 is 6.47. The fourth-order valence-corrected chi connectivity index (χ4v) is 7.65. The van der Waals surface area contributed by atoms with Gasteiger partial charge in [-0.2, -0.15) is 0 Å². The summed E-state index contributed by atoms with van der Waals surface area (Å²) in [7, 11) is -2.66. The SMILES string of the molecule is COc1cccc(CN(C(=O)CN(c2cccc(Cl)c2C)S(=O)(=O)c2ccccc2)[C@H](Cc2ccccc2)C(=O)NC2CCCC2)c1. The maximum Gasteiger partial charge on any atom is 0.264 e. The Bertz CT molecular complexity index is 1780. The molecule has 47 heavy (non-hydrogen) atoms. The smallest absolute Gasteiger partial charge is 0.264 e. The maximum atomic E-state index is 14.7. The van der Waals surface area contributed by atoms with Gasteiger partial charge in [0.05, 0.1) is 17.7 Å². The first kappa shape index (κ1) is 34.0. The fourth-order valence-electron chi connectivity index (χ4n) is 5.99. The molecule has 8 nitrogen and oxygen atoms in total. The summed E-state index contributed by atoms with van der Waals surface area (Å²) in [6.45, 7) is 1.22. The van der Waals surface area contributed by atoms with E-state index in [0.29, 0.717) is 16.3 Å². The lowest BCUT2D eigenvalue weighted by atomic mass is 10.0. The van der Waals surface area contributed by atoms with Crippen LogP contribution in [0.3, 0.4) is 0 Å². The minimum atomic E-state index is -4.22. The number of carbonyl (C=O) groups excluding carboxylic acids is 2. The van der Waals surface area contributed by atoms with E-state index in [1.807, 2.05) is 48.5 Å². The molecule has 5 rings (SSSR count). The van der Waals surface area contributed by atoms with Crippen LogP contribution in [0.2, 0.25) is 5.02 Å². The molecule has 4 aromatic rings. The number of methoxy groups -OCH3 is 1. The average molecular weight is 674 g/mol. The van der Waals surface area contributed by atoms with E-state index < -0.39 is 28.5 Å². The molecule has 0 aromatic heterocycles. The van der Waals surface area contributed by atoms with Gasteiger partial charge in [0.25, 0.3) is 10.0 Å². The number of hydrogen-bond acceptors (Lipinski definition) is 5. The van der Waals surface area contributed by atoms with Gasteiger partial charge in [0.2, 0.25) is 11.8 Å². The molecule has 0 saturated heterocycles. The molecule has 1 aliphatic rings. The second-order valence-corrected chi connectivity index (χ2v) is 14.0. The van der Waals surface area contributed by atoms with Crippen LogP contribution >= 0.6 is 11.6 Å². The summed E-state index contributed by atoms with van der Waals surface area (Å²) in [6, 6.07) is 28.9. The number of nitrogens with zero attached hydrogens (tertiary/aromatic N) is 2. The van der Waals surface area contributed by atoms with E-state index in [2.05, 4.69) is 5.32 Å². The van der Waals surface area contributed by atoms with E-state index in [1.54, 1.807) is 56.5 Å². The molecule has 0 aliphatic heterocycles. The van der Waals surface area contributed by atoms with Crippen molar-refractivity contribution in [2.24, 2.45) is 0 Å². The number of benzene rings is 4. The molecule has 0 unspecified atom stereocenters. The van der Waals surface area contributed by atoms with Crippen LogP contribution in [0.25, 0.3) is 0 Å². The van der Waals surface area contributed by atoms with Crippen molar-refractivity contribution in [2.75, 3.05) is 18.0 Å². The molecule has 1 saturated carbocycles. The summed E-state index contributed by atoms with van der Waals surface area (Å²) < 4.78 is 35.0. The van der Waals surface area contributed by atoms with E-state index in [-0.39, 0.29) is 35.5 Å². The Morgan fingerprint density at radius 1 is 0.894 bits per heavy atom. The minimum Gasteiger partial charge on any atom is -0.497 e. The zero-order chi connectivity index (χ0) is 33.4. The van der Waals surface area contributed by atoms with Gasteiger partial charge in [0.15, 0.2) is 0 Å². The average Bonchev–Trinajstić information content (AvgIpc) is 3.60. The second-order valence-electron chi connectivity index (χ2n) is 11.8. The molecule has 1 aliphatic carbocycles. The largest absolute Gasteiger partial charge is 0.497 e. The van der Waals surface area contributed by atoms with Gasteiger partial charge in [-0.05, 0) is 72.9 Å². The third kappa shape index (κ3) is 8.34. The standard InChI is InChI=1S/C37H40ClN3O5S/c1-27-33(38)21-12-22-34(27)41(47(44,45)32-19-7-4-8-20-32)26-36(42)40(25-29-15-11-18-31(23-29)46-2)35(24-28-13-5-3-6-14-28)37(43)39-30-16-9-10-17-30/h3-8,11-15,18-23,30,35H,9-10,16-17,24-26H2,1-2H3,(H,39,43)/t35-/m1/s1. The molecule has 0 spiro atoms. The van der Waals surface area contributed by atoms with Gasteiger partial charge >= 0.3 is 0 Å². The quantitative estimate of drug-likeness (QED) is 0.174. The van der Waals surface area contributed by atoms with Gasteiger partial charge in [-0.15, -0.1) is 0 Å². The minimum absolute atomic E-state index is 0.0265. The maximum absolute atomic E-state index is 14.7. The van der Waals surface area contributed by atoms with Crippen molar-refractivity contribution in [1.29, 1.82) is 0 Å². The zero-order valence-corrected chi connectivity index (χ0v) is 28.2. The number of amides is 2. The molecule has 0 radical (unpaired) electrons. The molecule has 10 heteroatoms. The number of ether oxygens (including phenoxy) is 1. The van der Waals surface area contributed by atoms with Crippen molar-refractivity contribution in [2.45, 2.75) is 62.6 Å². The Morgan fingerprint density at radius 2 is 1.53 bits per heavy atom. The summed E-state index contributed by atoms with van der Waals surface area (Å²) in [5.74, 6) is -0.199. The lowest BCUT2D eigenvalue weighted by Crippen LogP contribution is -2.54. The first-order valence-corrected chi connectivity index (χ1v) is 17.6. The van der Waals surface area contributed by atoms with E-state index in [9.17, 15) is 18.0 Å². The van der Waals surface area contributed by atoms with Crippen molar-refractivity contribution in [1.82, 2.24) is 10.2 Å². The number of rotatable bonds is 13. The van der Waals surface area contributed by atoms with E-state index in [1.165, 1.54) is 17.0 Å². The molecule has 1 fully saturated rings. The first-order valence-electron chi connectivity index (χ1n) is 15.8.